The Kier molecular flexibility index (Phi) is 4.29. The molecule has 4 rings (SSSR count). The maximum absolute atomic E-state index is 12.8. The first-order chi connectivity index (χ1) is 12.6. The maximum atomic E-state index is 12.8. The number of carbonyl (C=O) groups is 1. The molecule has 5 heteroatoms. The number of hydrogen-bond donors (Lipinski definition) is 1. The molecule has 1 aliphatic heterocycles. The summed E-state index contributed by atoms with van der Waals surface area (Å²) in [7, 11) is 0. The largest absolute Gasteiger partial charge is 0.358 e. The minimum absolute atomic E-state index is 0.130. The van der Waals surface area contributed by atoms with Crippen LogP contribution in [0.25, 0.3) is 10.9 Å². The van der Waals surface area contributed by atoms with Gasteiger partial charge in [0.25, 0.3) is 0 Å². The Balaban J connectivity index is 1.52. The second-order valence-electron chi connectivity index (χ2n) is 6.92. The minimum atomic E-state index is -0.238. The quantitative estimate of drug-likeness (QED) is 0.786. The second kappa shape index (κ2) is 6.75. The summed E-state index contributed by atoms with van der Waals surface area (Å²) in [6.07, 6.45) is 2.33. The van der Waals surface area contributed by atoms with Crippen LogP contribution in [0.3, 0.4) is 0 Å². The molecule has 0 radical (unpaired) electrons. The summed E-state index contributed by atoms with van der Waals surface area (Å²) in [6, 6.07) is 14.1. The number of rotatable bonds is 4. The van der Waals surface area contributed by atoms with E-state index in [0.29, 0.717) is 6.54 Å². The van der Waals surface area contributed by atoms with Crippen molar-refractivity contribution in [1.82, 2.24) is 14.9 Å². The molecule has 132 valence electrons. The molecule has 3 aromatic rings. The van der Waals surface area contributed by atoms with E-state index in [1.54, 1.807) is 6.33 Å². The molecule has 1 aliphatic rings. The Bertz CT molecular complexity index is 947. The number of nitrogens with zero attached hydrogens (tertiary/aromatic N) is 3. The summed E-state index contributed by atoms with van der Waals surface area (Å²) in [5.74, 6) is 0.870. The SMILES string of the molecule is Cc1ccc(CN2CCC(Nc3ncnc4cccc(C)c34)C2=O)cc1. The highest BCUT2D eigenvalue weighted by Gasteiger charge is 2.32. The highest BCUT2D eigenvalue weighted by atomic mass is 16.2. The van der Waals surface area contributed by atoms with E-state index in [-0.39, 0.29) is 11.9 Å². The number of anilines is 1. The minimum Gasteiger partial charge on any atom is -0.358 e. The van der Waals surface area contributed by atoms with Gasteiger partial charge >= 0.3 is 0 Å². The lowest BCUT2D eigenvalue weighted by atomic mass is 10.1. The van der Waals surface area contributed by atoms with Crippen molar-refractivity contribution in [1.29, 1.82) is 0 Å². The first kappa shape index (κ1) is 16.5. The zero-order chi connectivity index (χ0) is 18.1. The topological polar surface area (TPSA) is 58.1 Å². The smallest absolute Gasteiger partial charge is 0.245 e. The van der Waals surface area contributed by atoms with E-state index in [1.807, 2.05) is 30.0 Å². The number of aryl methyl sites for hydroxylation is 2. The number of aromatic nitrogens is 2. The molecule has 0 saturated carbocycles. The lowest BCUT2D eigenvalue weighted by molar-refractivity contribution is -0.128. The predicted molar refractivity (Wildman–Crippen MR) is 103 cm³/mol. The van der Waals surface area contributed by atoms with Crippen LogP contribution in [0.2, 0.25) is 0 Å². The summed E-state index contributed by atoms with van der Waals surface area (Å²) in [5, 5.41) is 4.34. The lowest BCUT2D eigenvalue weighted by Crippen LogP contribution is -2.33. The molecule has 5 nitrogen and oxygen atoms in total. The molecule has 0 spiro atoms. The van der Waals surface area contributed by atoms with E-state index in [4.69, 9.17) is 0 Å². The van der Waals surface area contributed by atoms with Gasteiger partial charge in [-0.15, -0.1) is 0 Å². The fourth-order valence-corrected chi connectivity index (χ4v) is 3.50. The van der Waals surface area contributed by atoms with Crippen LogP contribution in [0.4, 0.5) is 5.82 Å². The van der Waals surface area contributed by atoms with Crippen molar-refractivity contribution < 1.29 is 4.79 Å². The van der Waals surface area contributed by atoms with Gasteiger partial charge in [0, 0.05) is 18.5 Å². The highest BCUT2D eigenvalue weighted by Crippen LogP contribution is 2.25. The van der Waals surface area contributed by atoms with Crippen LogP contribution >= 0.6 is 0 Å². The van der Waals surface area contributed by atoms with Crippen LogP contribution in [0, 0.1) is 13.8 Å². The van der Waals surface area contributed by atoms with Gasteiger partial charge in [0.15, 0.2) is 0 Å². The van der Waals surface area contributed by atoms with Gasteiger partial charge in [0.1, 0.15) is 18.2 Å². The molecule has 1 N–H and O–H groups in total. The Labute approximate surface area is 153 Å². The van der Waals surface area contributed by atoms with Crippen LogP contribution in [0.1, 0.15) is 23.1 Å². The van der Waals surface area contributed by atoms with Crippen LogP contribution in [0.5, 0.6) is 0 Å². The molecule has 1 atom stereocenters. The van der Waals surface area contributed by atoms with E-state index in [1.165, 1.54) is 5.56 Å². The van der Waals surface area contributed by atoms with Crippen LogP contribution in [-0.2, 0) is 11.3 Å². The summed E-state index contributed by atoms with van der Waals surface area (Å²) in [4.78, 5) is 23.5. The molecule has 2 aromatic carbocycles. The number of benzene rings is 2. The predicted octanol–water partition coefficient (Wildman–Crippen LogP) is 3.46. The van der Waals surface area contributed by atoms with E-state index >= 15 is 0 Å². The van der Waals surface area contributed by atoms with Crippen molar-refractivity contribution in [3.8, 4) is 0 Å². The van der Waals surface area contributed by atoms with E-state index < -0.39 is 0 Å². The second-order valence-corrected chi connectivity index (χ2v) is 6.92. The summed E-state index contributed by atoms with van der Waals surface area (Å²) < 4.78 is 0. The average molecular weight is 346 g/mol. The number of likely N-dealkylation sites (tertiary alicyclic amines) is 1. The summed E-state index contributed by atoms with van der Waals surface area (Å²) in [6.45, 7) is 5.52. The monoisotopic (exact) mass is 346 g/mol. The van der Waals surface area contributed by atoms with Crippen LogP contribution < -0.4 is 5.32 Å². The van der Waals surface area contributed by atoms with Crippen molar-refractivity contribution >= 4 is 22.6 Å². The zero-order valence-electron chi connectivity index (χ0n) is 15.1. The van der Waals surface area contributed by atoms with Crippen molar-refractivity contribution in [2.75, 3.05) is 11.9 Å². The Morgan fingerprint density at radius 3 is 2.73 bits per heavy atom. The molecular formula is C21H22N4O. The third-order valence-electron chi connectivity index (χ3n) is 4.97. The highest BCUT2D eigenvalue weighted by molar-refractivity contribution is 5.94. The molecule has 1 saturated heterocycles. The number of hydrogen-bond acceptors (Lipinski definition) is 4. The molecular weight excluding hydrogens is 324 g/mol. The Hall–Kier alpha value is -2.95. The number of nitrogens with one attached hydrogen (secondary N) is 1. The fourth-order valence-electron chi connectivity index (χ4n) is 3.50. The molecule has 1 amide bonds. The molecule has 26 heavy (non-hydrogen) atoms. The van der Waals surface area contributed by atoms with E-state index in [2.05, 4.69) is 46.5 Å². The molecule has 0 bridgehead atoms. The molecule has 1 unspecified atom stereocenters. The lowest BCUT2D eigenvalue weighted by Gasteiger charge is -2.18. The number of fused-ring (bicyclic) bond motifs is 1. The van der Waals surface area contributed by atoms with Gasteiger partial charge in [-0.25, -0.2) is 9.97 Å². The van der Waals surface area contributed by atoms with Crippen molar-refractivity contribution in [3.63, 3.8) is 0 Å². The van der Waals surface area contributed by atoms with Gasteiger partial charge in [-0.1, -0.05) is 42.0 Å². The fraction of sp³-hybridized carbons (Fsp3) is 0.286. The zero-order valence-corrected chi connectivity index (χ0v) is 15.1. The summed E-state index contributed by atoms with van der Waals surface area (Å²) >= 11 is 0. The van der Waals surface area contributed by atoms with Gasteiger partial charge in [-0.2, -0.15) is 0 Å². The molecule has 0 aliphatic carbocycles. The normalized spacial score (nSPS) is 17.1. The number of amides is 1. The molecule has 2 heterocycles. The van der Waals surface area contributed by atoms with Gasteiger partial charge in [-0.3, -0.25) is 4.79 Å². The van der Waals surface area contributed by atoms with Gasteiger partial charge in [-0.05, 0) is 37.5 Å². The first-order valence-electron chi connectivity index (χ1n) is 8.93. The maximum Gasteiger partial charge on any atom is 0.245 e. The van der Waals surface area contributed by atoms with Gasteiger partial charge in [0.2, 0.25) is 5.91 Å². The van der Waals surface area contributed by atoms with Crippen molar-refractivity contribution in [2.24, 2.45) is 0 Å². The standard InChI is InChI=1S/C21H22N4O/c1-14-6-8-16(9-7-14)12-25-11-10-18(21(25)26)24-20-19-15(2)4-3-5-17(19)22-13-23-20/h3-9,13,18H,10-12H2,1-2H3,(H,22,23,24). The van der Waals surface area contributed by atoms with E-state index in [9.17, 15) is 4.79 Å². The van der Waals surface area contributed by atoms with Crippen molar-refractivity contribution in [3.05, 3.63) is 65.5 Å². The van der Waals surface area contributed by atoms with Crippen LogP contribution in [-0.4, -0.2) is 33.4 Å². The molecule has 1 fully saturated rings. The van der Waals surface area contributed by atoms with Gasteiger partial charge in [0.05, 0.1) is 5.52 Å². The van der Waals surface area contributed by atoms with E-state index in [0.717, 1.165) is 40.8 Å². The molecule has 1 aromatic heterocycles. The summed E-state index contributed by atoms with van der Waals surface area (Å²) in [5.41, 5.74) is 4.39. The third-order valence-corrected chi connectivity index (χ3v) is 4.97. The first-order valence-corrected chi connectivity index (χ1v) is 8.93. The third kappa shape index (κ3) is 3.12. The van der Waals surface area contributed by atoms with Gasteiger partial charge < -0.3 is 10.2 Å². The number of carbonyl (C=O) groups excluding carboxylic acids is 1. The average Bonchev–Trinajstić information content (AvgIpc) is 2.97. The Morgan fingerprint density at radius 2 is 1.92 bits per heavy atom. The Morgan fingerprint density at radius 1 is 1.12 bits per heavy atom. The van der Waals surface area contributed by atoms with Crippen molar-refractivity contribution in [2.45, 2.75) is 32.9 Å². The van der Waals surface area contributed by atoms with Crippen LogP contribution in [0.15, 0.2) is 48.8 Å².